The number of nitrogens with zero attached hydrogens (tertiary/aromatic N) is 2. The second-order valence-electron chi connectivity index (χ2n) is 6.68. The first kappa shape index (κ1) is 21.6. The van der Waals surface area contributed by atoms with E-state index < -0.39 is 15.9 Å². The summed E-state index contributed by atoms with van der Waals surface area (Å²) < 4.78 is 26.4. The van der Waals surface area contributed by atoms with Crippen molar-refractivity contribution >= 4 is 33.2 Å². The minimum absolute atomic E-state index is 0.102. The molecule has 2 amide bonds. The predicted molar refractivity (Wildman–Crippen MR) is 110 cm³/mol. The highest BCUT2D eigenvalue weighted by atomic mass is 32.2. The lowest BCUT2D eigenvalue weighted by molar-refractivity contribution is -0.117. The topological polar surface area (TPSA) is 86.8 Å². The Labute approximate surface area is 166 Å². The average molecular weight is 404 g/mol. The van der Waals surface area contributed by atoms with Crippen LogP contribution in [0.5, 0.6) is 0 Å². The van der Waals surface area contributed by atoms with Crippen molar-refractivity contribution in [2.75, 3.05) is 30.9 Å². The number of likely N-dealkylation sites (N-methyl/N-ethyl adjacent to an activating group) is 1. The van der Waals surface area contributed by atoms with E-state index in [1.807, 2.05) is 13.8 Å². The molecule has 1 N–H and O–H groups in total. The number of amides is 2. The molecule has 0 atom stereocenters. The van der Waals surface area contributed by atoms with Gasteiger partial charge in [-0.15, -0.1) is 0 Å². The first-order valence-electron chi connectivity index (χ1n) is 8.70. The lowest BCUT2D eigenvalue weighted by Crippen LogP contribution is -2.35. The quantitative estimate of drug-likeness (QED) is 0.803. The maximum atomic E-state index is 12.7. The van der Waals surface area contributed by atoms with Crippen molar-refractivity contribution < 1.29 is 18.0 Å². The van der Waals surface area contributed by atoms with Crippen LogP contribution in [0.4, 0.5) is 11.4 Å². The van der Waals surface area contributed by atoms with Crippen molar-refractivity contribution in [2.24, 2.45) is 0 Å². The molecule has 2 aromatic carbocycles. The highest BCUT2D eigenvalue weighted by molar-refractivity contribution is 7.89. The van der Waals surface area contributed by atoms with Gasteiger partial charge in [-0.1, -0.05) is 6.07 Å². The van der Waals surface area contributed by atoms with Crippen LogP contribution in [0.1, 0.15) is 18.1 Å². The number of nitrogens with one attached hydrogen (secondary N) is 1. The van der Waals surface area contributed by atoms with Crippen LogP contribution >= 0.6 is 0 Å². The maximum absolute atomic E-state index is 12.7. The Morgan fingerprint density at radius 3 is 2.11 bits per heavy atom. The summed E-state index contributed by atoms with van der Waals surface area (Å²) in [7, 11) is -0.739. The monoisotopic (exact) mass is 403 g/mol. The molecule has 0 aliphatic carbocycles. The summed E-state index contributed by atoms with van der Waals surface area (Å²) in [6.07, 6.45) is 0. The molecule has 2 rings (SSSR count). The van der Waals surface area contributed by atoms with Crippen LogP contribution in [-0.4, -0.2) is 45.2 Å². The minimum Gasteiger partial charge on any atom is -0.325 e. The number of sulfonamides is 1. The third-order valence-electron chi connectivity index (χ3n) is 4.56. The van der Waals surface area contributed by atoms with E-state index in [0.717, 1.165) is 15.4 Å². The summed E-state index contributed by atoms with van der Waals surface area (Å²) in [6.45, 7) is 4.89. The van der Waals surface area contributed by atoms with Crippen LogP contribution in [0.2, 0.25) is 0 Å². The van der Waals surface area contributed by atoms with Gasteiger partial charge in [0.2, 0.25) is 21.8 Å². The Balaban J connectivity index is 2.05. The van der Waals surface area contributed by atoms with Gasteiger partial charge in [-0.05, 0) is 61.4 Å². The van der Waals surface area contributed by atoms with Gasteiger partial charge in [0.05, 0.1) is 11.4 Å². The summed E-state index contributed by atoms with van der Waals surface area (Å²) >= 11 is 0. The zero-order chi connectivity index (χ0) is 21.1. The fourth-order valence-electron chi connectivity index (χ4n) is 2.49. The van der Waals surface area contributed by atoms with Gasteiger partial charge in [0.1, 0.15) is 0 Å². The van der Waals surface area contributed by atoms with Gasteiger partial charge in [-0.3, -0.25) is 9.59 Å². The van der Waals surface area contributed by atoms with Gasteiger partial charge in [0.15, 0.2) is 0 Å². The lowest BCUT2D eigenvalue weighted by atomic mass is 10.1. The molecular formula is C20H25N3O4S. The maximum Gasteiger partial charge on any atom is 0.243 e. The normalized spacial score (nSPS) is 11.4. The Morgan fingerprint density at radius 2 is 1.57 bits per heavy atom. The summed E-state index contributed by atoms with van der Waals surface area (Å²) in [4.78, 5) is 25.3. The average Bonchev–Trinajstić information content (AvgIpc) is 2.63. The van der Waals surface area contributed by atoms with E-state index in [2.05, 4.69) is 5.32 Å². The largest absolute Gasteiger partial charge is 0.325 e. The molecule has 0 radical (unpaired) electrons. The molecule has 0 bridgehead atoms. The summed E-state index contributed by atoms with van der Waals surface area (Å²) in [6, 6.07) is 11.6. The number of hydrogen-bond acceptors (Lipinski definition) is 4. The van der Waals surface area contributed by atoms with Gasteiger partial charge in [0, 0.05) is 32.4 Å². The van der Waals surface area contributed by atoms with E-state index in [-0.39, 0.29) is 17.3 Å². The van der Waals surface area contributed by atoms with Gasteiger partial charge >= 0.3 is 0 Å². The van der Waals surface area contributed by atoms with E-state index in [4.69, 9.17) is 0 Å². The molecule has 0 spiro atoms. The van der Waals surface area contributed by atoms with E-state index in [1.54, 1.807) is 43.4 Å². The van der Waals surface area contributed by atoms with Gasteiger partial charge in [-0.2, -0.15) is 4.31 Å². The fourth-order valence-corrected chi connectivity index (χ4v) is 3.71. The first-order chi connectivity index (χ1) is 13.0. The molecule has 0 aliphatic rings. The summed E-state index contributed by atoms with van der Waals surface area (Å²) in [5.41, 5.74) is 3.08. The number of anilines is 2. The zero-order valence-electron chi connectivity index (χ0n) is 16.7. The summed E-state index contributed by atoms with van der Waals surface area (Å²) in [5, 5.41) is 2.66. The third-order valence-corrected chi connectivity index (χ3v) is 6.36. The predicted octanol–water partition coefficient (Wildman–Crippen LogP) is 2.55. The van der Waals surface area contributed by atoms with E-state index in [0.29, 0.717) is 11.4 Å². The standard InChI is InChI=1S/C20H25N3O4S/c1-14-6-11-19(12-15(14)2)28(26,27)22(4)13-20(25)21-17-7-9-18(10-8-17)23(5)16(3)24/h6-12H,13H2,1-5H3,(H,21,25). The molecule has 8 heteroatoms. The number of hydrogen-bond donors (Lipinski definition) is 1. The zero-order valence-corrected chi connectivity index (χ0v) is 17.5. The van der Waals surface area contributed by atoms with Crippen LogP contribution in [0.15, 0.2) is 47.4 Å². The van der Waals surface area contributed by atoms with Crippen LogP contribution < -0.4 is 10.2 Å². The first-order valence-corrected chi connectivity index (χ1v) is 10.1. The van der Waals surface area contributed by atoms with Gasteiger partial charge < -0.3 is 10.2 Å². The number of carbonyl (C=O) groups excluding carboxylic acids is 2. The molecule has 0 unspecified atom stereocenters. The number of benzene rings is 2. The molecule has 0 saturated heterocycles. The van der Waals surface area contributed by atoms with Crippen LogP contribution in [-0.2, 0) is 19.6 Å². The van der Waals surface area contributed by atoms with Crippen molar-refractivity contribution in [3.05, 3.63) is 53.6 Å². The molecule has 0 aromatic heterocycles. The number of rotatable bonds is 6. The van der Waals surface area contributed by atoms with Crippen molar-refractivity contribution in [3.8, 4) is 0 Å². The van der Waals surface area contributed by atoms with Crippen molar-refractivity contribution in [2.45, 2.75) is 25.7 Å². The van der Waals surface area contributed by atoms with E-state index in [9.17, 15) is 18.0 Å². The molecule has 7 nitrogen and oxygen atoms in total. The second-order valence-corrected chi connectivity index (χ2v) is 8.73. The Morgan fingerprint density at radius 1 is 0.964 bits per heavy atom. The highest BCUT2D eigenvalue weighted by Gasteiger charge is 2.23. The fraction of sp³-hybridized carbons (Fsp3) is 0.300. The minimum atomic E-state index is -3.76. The number of aryl methyl sites for hydroxylation is 2. The molecule has 0 heterocycles. The molecule has 0 saturated carbocycles. The second kappa shape index (κ2) is 8.53. The van der Waals surface area contributed by atoms with E-state index >= 15 is 0 Å². The molecule has 0 fully saturated rings. The van der Waals surface area contributed by atoms with Crippen molar-refractivity contribution in [1.29, 1.82) is 0 Å². The van der Waals surface area contributed by atoms with Crippen LogP contribution in [0, 0.1) is 13.8 Å². The summed E-state index contributed by atoms with van der Waals surface area (Å²) in [5.74, 6) is -0.558. The van der Waals surface area contributed by atoms with Gasteiger partial charge in [-0.25, -0.2) is 8.42 Å². The molecule has 28 heavy (non-hydrogen) atoms. The molecular weight excluding hydrogens is 378 g/mol. The van der Waals surface area contributed by atoms with Crippen LogP contribution in [0.3, 0.4) is 0 Å². The SMILES string of the molecule is CC(=O)N(C)c1ccc(NC(=O)CN(C)S(=O)(=O)c2ccc(C)c(C)c2)cc1. The van der Waals surface area contributed by atoms with Gasteiger partial charge in [0.25, 0.3) is 0 Å². The van der Waals surface area contributed by atoms with Crippen LogP contribution in [0.25, 0.3) is 0 Å². The Bertz CT molecular complexity index is 985. The lowest BCUT2D eigenvalue weighted by Gasteiger charge is -2.18. The Kier molecular flexibility index (Phi) is 6.58. The third kappa shape index (κ3) is 4.96. The Hall–Kier alpha value is -2.71. The smallest absolute Gasteiger partial charge is 0.243 e. The van der Waals surface area contributed by atoms with Crippen molar-refractivity contribution in [3.63, 3.8) is 0 Å². The van der Waals surface area contributed by atoms with Crippen molar-refractivity contribution in [1.82, 2.24) is 4.31 Å². The number of carbonyl (C=O) groups is 2. The molecule has 0 aliphatic heterocycles. The molecule has 150 valence electrons. The van der Waals surface area contributed by atoms with E-state index in [1.165, 1.54) is 24.9 Å². The highest BCUT2D eigenvalue weighted by Crippen LogP contribution is 2.19. The molecule has 2 aromatic rings.